The predicted octanol–water partition coefficient (Wildman–Crippen LogP) is 2.80. The molecule has 2 aliphatic rings. The number of carbonyl (C=O) groups excluding carboxylic acids is 3. The Bertz CT molecular complexity index is 946. The SMILES string of the molecule is CC(C)C(C(=O)N1CCN(c2ccc(F)cc2)CC1)N1C(=O)c2ccccc2C1=O. The van der Waals surface area contributed by atoms with Crippen molar-refractivity contribution in [2.75, 3.05) is 31.1 Å². The Hall–Kier alpha value is -3.22. The van der Waals surface area contributed by atoms with Gasteiger partial charge in [0.25, 0.3) is 11.8 Å². The third-order valence-electron chi connectivity index (χ3n) is 5.77. The fraction of sp³-hybridized carbons (Fsp3) is 0.348. The van der Waals surface area contributed by atoms with Gasteiger partial charge in [0.2, 0.25) is 5.91 Å². The maximum Gasteiger partial charge on any atom is 0.262 e. The fourth-order valence-corrected chi connectivity index (χ4v) is 4.18. The lowest BCUT2D eigenvalue weighted by molar-refractivity contribution is -0.137. The molecule has 1 atom stereocenters. The molecule has 156 valence electrons. The number of imide groups is 1. The highest BCUT2D eigenvalue weighted by molar-refractivity contribution is 6.22. The van der Waals surface area contributed by atoms with Crippen LogP contribution in [0.15, 0.2) is 48.5 Å². The normalized spacial score (nSPS) is 17.5. The maximum atomic E-state index is 13.4. The minimum Gasteiger partial charge on any atom is -0.368 e. The lowest BCUT2D eigenvalue weighted by Gasteiger charge is -2.39. The van der Waals surface area contributed by atoms with Gasteiger partial charge in [-0.15, -0.1) is 0 Å². The van der Waals surface area contributed by atoms with Gasteiger partial charge in [0.05, 0.1) is 11.1 Å². The third kappa shape index (κ3) is 3.44. The molecule has 0 spiro atoms. The topological polar surface area (TPSA) is 60.9 Å². The number of nitrogens with zero attached hydrogens (tertiary/aromatic N) is 3. The summed E-state index contributed by atoms with van der Waals surface area (Å²) < 4.78 is 13.2. The average molecular weight is 409 g/mol. The van der Waals surface area contributed by atoms with E-state index < -0.39 is 17.9 Å². The van der Waals surface area contributed by atoms with E-state index in [2.05, 4.69) is 4.90 Å². The first-order chi connectivity index (χ1) is 14.4. The first kappa shape index (κ1) is 20.1. The van der Waals surface area contributed by atoms with E-state index >= 15 is 0 Å². The van der Waals surface area contributed by atoms with E-state index in [9.17, 15) is 18.8 Å². The Morgan fingerprint density at radius 1 is 0.867 bits per heavy atom. The number of hydrogen-bond donors (Lipinski definition) is 0. The van der Waals surface area contributed by atoms with Crippen molar-refractivity contribution in [2.45, 2.75) is 19.9 Å². The van der Waals surface area contributed by atoms with E-state index in [0.29, 0.717) is 37.3 Å². The van der Waals surface area contributed by atoms with Crippen LogP contribution < -0.4 is 4.90 Å². The van der Waals surface area contributed by atoms with Crippen LogP contribution in [0.3, 0.4) is 0 Å². The minimum atomic E-state index is -0.838. The standard InChI is InChI=1S/C23H24FN3O3/c1-15(2)20(27-21(28)18-5-3-4-6-19(18)22(27)29)23(30)26-13-11-25(12-14-26)17-9-7-16(24)8-10-17/h3-10,15,20H,11-14H2,1-2H3. The summed E-state index contributed by atoms with van der Waals surface area (Å²) in [6.45, 7) is 5.85. The smallest absolute Gasteiger partial charge is 0.262 e. The number of benzene rings is 2. The van der Waals surface area contributed by atoms with Crippen LogP contribution in [0.25, 0.3) is 0 Å². The summed E-state index contributed by atoms with van der Waals surface area (Å²) in [7, 11) is 0. The quantitative estimate of drug-likeness (QED) is 0.729. The summed E-state index contributed by atoms with van der Waals surface area (Å²) in [5.74, 6) is -1.53. The Balaban J connectivity index is 1.50. The molecule has 2 aromatic carbocycles. The Labute approximate surface area is 174 Å². The van der Waals surface area contributed by atoms with E-state index in [1.54, 1.807) is 41.3 Å². The Morgan fingerprint density at radius 3 is 1.90 bits per heavy atom. The zero-order chi connectivity index (χ0) is 21.4. The van der Waals surface area contributed by atoms with E-state index in [1.807, 2.05) is 13.8 Å². The molecular formula is C23H24FN3O3. The summed E-state index contributed by atoms with van der Waals surface area (Å²) in [6.07, 6.45) is 0. The van der Waals surface area contributed by atoms with E-state index in [0.717, 1.165) is 10.6 Å². The van der Waals surface area contributed by atoms with Crippen molar-refractivity contribution in [2.24, 2.45) is 5.92 Å². The van der Waals surface area contributed by atoms with Gasteiger partial charge in [-0.1, -0.05) is 26.0 Å². The molecule has 4 rings (SSSR count). The lowest BCUT2D eigenvalue weighted by atomic mass is 10.0. The molecule has 2 heterocycles. The van der Waals surface area contributed by atoms with Crippen molar-refractivity contribution >= 4 is 23.4 Å². The summed E-state index contributed by atoms with van der Waals surface area (Å²) in [5.41, 5.74) is 1.61. The minimum absolute atomic E-state index is 0.210. The van der Waals surface area contributed by atoms with Crippen LogP contribution in [0.4, 0.5) is 10.1 Å². The number of amides is 3. The van der Waals surface area contributed by atoms with Crippen molar-refractivity contribution < 1.29 is 18.8 Å². The summed E-state index contributed by atoms with van der Waals surface area (Å²) in [4.78, 5) is 44.1. The maximum absolute atomic E-state index is 13.4. The fourth-order valence-electron chi connectivity index (χ4n) is 4.18. The highest BCUT2D eigenvalue weighted by atomic mass is 19.1. The van der Waals surface area contributed by atoms with Crippen LogP contribution in [0, 0.1) is 11.7 Å². The molecule has 0 N–H and O–H groups in total. The molecule has 3 amide bonds. The number of halogens is 1. The number of piperazine rings is 1. The van der Waals surface area contributed by atoms with Crippen molar-refractivity contribution in [1.29, 1.82) is 0 Å². The average Bonchev–Trinajstić information content (AvgIpc) is 3.00. The second-order valence-electron chi connectivity index (χ2n) is 8.00. The van der Waals surface area contributed by atoms with Crippen LogP contribution in [-0.2, 0) is 4.79 Å². The number of carbonyl (C=O) groups is 3. The van der Waals surface area contributed by atoms with Gasteiger partial charge in [0, 0.05) is 31.9 Å². The zero-order valence-electron chi connectivity index (χ0n) is 17.0. The van der Waals surface area contributed by atoms with Crippen molar-refractivity contribution in [3.05, 3.63) is 65.5 Å². The largest absolute Gasteiger partial charge is 0.368 e. The van der Waals surface area contributed by atoms with Crippen LogP contribution >= 0.6 is 0 Å². The zero-order valence-corrected chi connectivity index (χ0v) is 17.0. The van der Waals surface area contributed by atoms with E-state index in [-0.39, 0.29) is 17.6 Å². The first-order valence-corrected chi connectivity index (χ1v) is 10.1. The predicted molar refractivity (Wildman–Crippen MR) is 111 cm³/mol. The number of rotatable bonds is 4. The second-order valence-corrected chi connectivity index (χ2v) is 8.00. The van der Waals surface area contributed by atoms with Gasteiger partial charge in [-0.05, 0) is 42.3 Å². The highest BCUT2D eigenvalue weighted by Gasteiger charge is 2.45. The van der Waals surface area contributed by atoms with Gasteiger partial charge < -0.3 is 9.80 Å². The Kier molecular flexibility index (Phi) is 5.28. The van der Waals surface area contributed by atoms with Crippen molar-refractivity contribution in [1.82, 2.24) is 9.80 Å². The summed E-state index contributed by atoms with van der Waals surface area (Å²) in [5, 5.41) is 0. The summed E-state index contributed by atoms with van der Waals surface area (Å²) >= 11 is 0. The third-order valence-corrected chi connectivity index (χ3v) is 5.77. The number of hydrogen-bond acceptors (Lipinski definition) is 4. The molecule has 0 saturated carbocycles. The number of anilines is 1. The molecule has 1 unspecified atom stereocenters. The molecule has 0 bridgehead atoms. The monoisotopic (exact) mass is 409 g/mol. The van der Waals surface area contributed by atoms with Crippen LogP contribution in [0.1, 0.15) is 34.6 Å². The molecule has 7 heteroatoms. The molecule has 2 aromatic rings. The van der Waals surface area contributed by atoms with Gasteiger partial charge in [0.1, 0.15) is 11.9 Å². The molecule has 30 heavy (non-hydrogen) atoms. The molecule has 2 aliphatic heterocycles. The highest BCUT2D eigenvalue weighted by Crippen LogP contribution is 2.28. The molecule has 6 nitrogen and oxygen atoms in total. The molecule has 0 aromatic heterocycles. The van der Waals surface area contributed by atoms with E-state index in [4.69, 9.17) is 0 Å². The Morgan fingerprint density at radius 2 is 1.40 bits per heavy atom. The van der Waals surface area contributed by atoms with Gasteiger partial charge in [-0.25, -0.2) is 4.39 Å². The van der Waals surface area contributed by atoms with Crippen LogP contribution in [0.5, 0.6) is 0 Å². The van der Waals surface area contributed by atoms with Gasteiger partial charge in [-0.3, -0.25) is 19.3 Å². The summed E-state index contributed by atoms with van der Waals surface area (Å²) in [6, 6.07) is 12.1. The molecule has 1 saturated heterocycles. The molecule has 0 aliphatic carbocycles. The van der Waals surface area contributed by atoms with Crippen molar-refractivity contribution in [3.63, 3.8) is 0 Å². The molecular weight excluding hydrogens is 385 g/mol. The van der Waals surface area contributed by atoms with Gasteiger partial charge in [-0.2, -0.15) is 0 Å². The van der Waals surface area contributed by atoms with Gasteiger partial charge in [0.15, 0.2) is 0 Å². The van der Waals surface area contributed by atoms with Crippen molar-refractivity contribution in [3.8, 4) is 0 Å². The number of fused-ring (bicyclic) bond motifs is 1. The van der Waals surface area contributed by atoms with Crippen LogP contribution in [-0.4, -0.2) is 59.7 Å². The van der Waals surface area contributed by atoms with E-state index in [1.165, 1.54) is 12.1 Å². The lowest BCUT2D eigenvalue weighted by Crippen LogP contribution is -2.57. The second kappa shape index (κ2) is 7.89. The first-order valence-electron chi connectivity index (χ1n) is 10.1. The molecule has 0 radical (unpaired) electrons. The van der Waals surface area contributed by atoms with Crippen LogP contribution in [0.2, 0.25) is 0 Å². The van der Waals surface area contributed by atoms with Gasteiger partial charge >= 0.3 is 0 Å². The molecule has 1 fully saturated rings.